The lowest BCUT2D eigenvalue weighted by atomic mass is 9.97. The summed E-state index contributed by atoms with van der Waals surface area (Å²) < 4.78 is 40.9. The van der Waals surface area contributed by atoms with Crippen molar-refractivity contribution in [2.75, 3.05) is 31.6 Å². The summed E-state index contributed by atoms with van der Waals surface area (Å²) in [5.74, 6) is -0.682. The number of hydrogen-bond donors (Lipinski definition) is 2. The molecule has 156 valence electrons. The molecule has 0 aromatic heterocycles. The predicted molar refractivity (Wildman–Crippen MR) is 99.0 cm³/mol. The molecule has 2 rings (SSSR count). The molecule has 2 unspecified atom stereocenters. The first kappa shape index (κ1) is 22.0. The first-order chi connectivity index (χ1) is 13.1. The molecule has 6 nitrogen and oxygen atoms in total. The Bertz CT molecular complexity index is 682. The van der Waals surface area contributed by atoms with E-state index in [0.29, 0.717) is 25.1 Å². The highest BCUT2D eigenvalue weighted by Crippen LogP contribution is 2.19. The van der Waals surface area contributed by atoms with Gasteiger partial charge in [0.2, 0.25) is 5.91 Å². The van der Waals surface area contributed by atoms with Gasteiger partial charge in [0.1, 0.15) is 6.61 Å². The molecule has 0 aliphatic carbocycles. The van der Waals surface area contributed by atoms with E-state index in [1.54, 1.807) is 17.9 Å². The number of benzene rings is 1. The number of aryl methyl sites for hydroxylation is 1. The van der Waals surface area contributed by atoms with E-state index in [2.05, 4.69) is 15.4 Å². The highest BCUT2D eigenvalue weighted by atomic mass is 19.4. The summed E-state index contributed by atoms with van der Waals surface area (Å²) in [7, 11) is 0. The zero-order valence-corrected chi connectivity index (χ0v) is 16.0. The summed E-state index contributed by atoms with van der Waals surface area (Å²) in [6.45, 7) is 2.75. The third kappa shape index (κ3) is 7.38. The van der Waals surface area contributed by atoms with Crippen LogP contribution in [0.1, 0.15) is 25.3 Å². The molecule has 1 aromatic carbocycles. The van der Waals surface area contributed by atoms with Crippen LogP contribution in [0.15, 0.2) is 24.3 Å². The maximum absolute atomic E-state index is 12.5. The number of rotatable bonds is 6. The summed E-state index contributed by atoms with van der Waals surface area (Å²) in [5, 5.41) is 5.49. The van der Waals surface area contributed by atoms with Crippen molar-refractivity contribution in [1.29, 1.82) is 0 Å². The maximum Gasteiger partial charge on any atom is 0.411 e. The Morgan fingerprint density at radius 2 is 2.11 bits per heavy atom. The third-order valence-electron chi connectivity index (χ3n) is 4.37. The molecule has 2 atom stereocenters. The number of urea groups is 1. The van der Waals surface area contributed by atoms with Crippen molar-refractivity contribution in [2.24, 2.45) is 5.92 Å². The lowest BCUT2D eigenvalue weighted by molar-refractivity contribution is -0.175. The molecule has 1 aliphatic heterocycles. The van der Waals surface area contributed by atoms with Gasteiger partial charge in [-0.15, -0.1) is 0 Å². The van der Waals surface area contributed by atoms with Crippen LogP contribution in [-0.2, 0) is 9.53 Å². The molecule has 1 fully saturated rings. The molecule has 0 bridgehead atoms. The van der Waals surface area contributed by atoms with Crippen molar-refractivity contribution in [3.63, 3.8) is 0 Å². The summed E-state index contributed by atoms with van der Waals surface area (Å²) in [5.41, 5.74) is 1.71. The zero-order chi connectivity index (χ0) is 20.7. The van der Waals surface area contributed by atoms with Crippen LogP contribution >= 0.6 is 0 Å². The topological polar surface area (TPSA) is 70.7 Å². The van der Waals surface area contributed by atoms with E-state index in [1.165, 1.54) is 0 Å². The van der Waals surface area contributed by atoms with Crippen molar-refractivity contribution >= 4 is 17.6 Å². The number of nitrogens with one attached hydrogen (secondary N) is 2. The van der Waals surface area contributed by atoms with Crippen molar-refractivity contribution in [1.82, 2.24) is 10.2 Å². The van der Waals surface area contributed by atoms with E-state index in [9.17, 15) is 22.8 Å². The van der Waals surface area contributed by atoms with Gasteiger partial charge in [0.05, 0.1) is 12.5 Å². The van der Waals surface area contributed by atoms with Crippen molar-refractivity contribution < 1.29 is 27.5 Å². The van der Waals surface area contributed by atoms with E-state index < -0.39 is 24.7 Å². The van der Waals surface area contributed by atoms with Gasteiger partial charge in [0.15, 0.2) is 0 Å². The second kappa shape index (κ2) is 9.77. The van der Waals surface area contributed by atoms with Gasteiger partial charge >= 0.3 is 12.2 Å². The highest BCUT2D eigenvalue weighted by Gasteiger charge is 2.30. The first-order valence-corrected chi connectivity index (χ1v) is 9.21. The smallest absolute Gasteiger partial charge is 0.370 e. The lowest BCUT2D eigenvalue weighted by Gasteiger charge is -2.32. The van der Waals surface area contributed by atoms with Crippen LogP contribution in [0, 0.1) is 12.8 Å². The largest absolute Gasteiger partial charge is 0.411 e. The molecule has 2 N–H and O–H groups in total. The normalized spacial score (nSPS) is 18.5. The molecule has 1 heterocycles. The van der Waals surface area contributed by atoms with E-state index >= 15 is 0 Å². The van der Waals surface area contributed by atoms with Crippen LogP contribution in [0.3, 0.4) is 0 Å². The summed E-state index contributed by atoms with van der Waals surface area (Å²) in [6, 6.07) is 6.60. The molecule has 28 heavy (non-hydrogen) atoms. The molecular weight excluding hydrogens is 375 g/mol. The maximum atomic E-state index is 12.5. The summed E-state index contributed by atoms with van der Waals surface area (Å²) >= 11 is 0. The SMILES string of the molecule is Cc1cccc(NC(=O)N2CCCC(C(=O)NC(C)COCC(F)(F)F)C2)c1. The lowest BCUT2D eigenvalue weighted by Crippen LogP contribution is -2.49. The number of anilines is 1. The summed E-state index contributed by atoms with van der Waals surface area (Å²) in [4.78, 5) is 26.4. The van der Waals surface area contributed by atoms with Gasteiger partial charge in [-0.1, -0.05) is 12.1 Å². The Kier molecular flexibility index (Phi) is 7.68. The fourth-order valence-corrected chi connectivity index (χ4v) is 3.05. The zero-order valence-electron chi connectivity index (χ0n) is 16.0. The van der Waals surface area contributed by atoms with Gasteiger partial charge in [-0.2, -0.15) is 13.2 Å². The minimum absolute atomic E-state index is 0.227. The average Bonchev–Trinajstić information content (AvgIpc) is 2.60. The molecular formula is C19H26F3N3O3. The van der Waals surface area contributed by atoms with E-state index in [4.69, 9.17) is 0 Å². The minimum atomic E-state index is -4.39. The Hall–Kier alpha value is -2.29. The molecule has 1 saturated heterocycles. The molecule has 3 amide bonds. The third-order valence-corrected chi connectivity index (χ3v) is 4.37. The summed E-state index contributed by atoms with van der Waals surface area (Å²) in [6.07, 6.45) is -3.09. The molecule has 1 aromatic rings. The quantitative estimate of drug-likeness (QED) is 0.768. The Labute approximate surface area is 162 Å². The van der Waals surface area contributed by atoms with Gasteiger partial charge in [-0.05, 0) is 44.4 Å². The van der Waals surface area contributed by atoms with Crippen molar-refractivity contribution in [3.8, 4) is 0 Å². The van der Waals surface area contributed by atoms with Crippen LogP contribution in [0.5, 0.6) is 0 Å². The number of alkyl halides is 3. The van der Waals surface area contributed by atoms with Gasteiger partial charge in [-0.25, -0.2) is 4.79 Å². The fourth-order valence-electron chi connectivity index (χ4n) is 3.05. The number of piperidine rings is 1. The Balaban J connectivity index is 1.81. The first-order valence-electron chi connectivity index (χ1n) is 9.21. The molecule has 9 heteroatoms. The predicted octanol–water partition coefficient (Wildman–Crippen LogP) is 3.32. The highest BCUT2D eigenvalue weighted by molar-refractivity contribution is 5.90. The number of halogens is 3. The van der Waals surface area contributed by atoms with Crippen LogP contribution in [0.4, 0.5) is 23.7 Å². The van der Waals surface area contributed by atoms with Gasteiger partial charge in [-0.3, -0.25) is 4.79 Å². The number of carbonyl (C=O) groups excluding carboxylic acids is 2. The van der Waals surface area contributed by atoms with E-state index in [0.717, 1.165) is 5.56 Å². The molecule has 0 spiro atoms. The van der Waals surface area contributed by atoms with Gasteiger partial charge in [0.25, 0.3) is 0 Å². The van der Waals surface area contributed by atoms with Crippen molar-refractivity contribution in [3.05, 3.63) is 29.8 Å². The number of ether oxygens (including phenoxy) is 1. The number of likely N-dealkylation sites (tertiary alicyclic amines) is 1. The molecule has 0 radical (unpaired) electrons. The van der Waals surface area contributed by atoms with Crippen LogP contribution in [-0.4, -0.2) is 55.4 Å². The van der Waals surface area contributed by atoms with E-state index in [1.807, 2.05) is 25.1 Å². The van der Waals surface area contributed by atoms with E-state index in [-0.39, 0.29) is 25.1 Å². The second-order valence-corrected chi connectivity index (χ2v) is 7.12. The standard InChI is InChI=1S/C19H26F3N3O3/c1-13-5-3-7-16(9-13)24-18(27)25-8-4-6-15(10-25)17(26)23-14(2)11-28-12-19(20,21)22/h3,5,7,9,14-15H,4,6,8,10-12H2,1-2H3,(H,23,26)(H,24,27). The van der Waals surface area contributed by atoms with Gasteiger partial charge in [0, 0.05) is 24.8 Å². The van der Waals surface area contributed by atoms with Crippen LogP contribution in [0.2, 0.25) is 0 Å². The van der Waals surface area contributed by atoms with Crippen LogP contribution in [0.25, 0.3) is 0 Å². The van der Waals surface area contributed by atoms with Crippen molar-refractivity contribution in [2.45, 2.75) is 38.9 Å². The number of hydrogen-bond acceptors (Lipinski definition) is 3. The van der Waals surface area contributed by atoms with Gasteiger partial charge < -0.3 is 20.3 Å². The number of amides is 3. The monoisotopic (exact) mass is 401 g/mol. The average molecular weight is 401 g/mol. The molecule has 1 aliphatic rings. The Morgan fingerprint density at radius 1 is 1.36 bits per heavy atom. The second-order valence-electron chi connectivity index (χ2n) is 7.12. The number of carbonyl (C=O) groups is 2. The Morgan fingerprint density at radius 3 is 2.79 bits per heavy atom. The number of nitrogens with zero attached hydrogens (tertiary/aromatic N) is 1. The van der Waals surface area contributed by atoms with Crippen LogP contribution < -0.4 is 10.6 Å². The molecule has 0 saturated carbocycles. The fraction of sp³-hybridized carbons (Fsp3) is 0.579. The minimum Gasteiger partial charge on any atom is -0.370 e.